The number of benzene rings is 2. The molecule has 0 spiro atoms. The van der Waals surface area contributed by atoms with E-state index in [1.165, 1.54) is 11.1 Å². The zero-order valence-corrected chi connectivity index (χ0v) is 17.2. The molecule has 0 radical (unpaired) electrons. The molecule has 0 aliphatic heterocycles. The molecule has 5 heteroatoms. The Morgan fingerprint density at radius 3 is 2.23 bits per heavy atom. The van der Waals surface area contributed by atoms with Gasteiger partial charge in [0.2, 0.25) is 0 Å². The van der Waals surface area contributed by atoms with Gasteiger partial charge in [-0.1, -0.05) is 50.2 Å². The molecule has 0 fully saturated rings. The molecule has 0 bridgehead atoms. The molecule has 4 nitrogen and oxygen atoms in total. The van der Waals surface area contributed by atoms with Gasteiger partial charge < -0.3 is 14.4 Å². The van der Waals surface area contributed by atoms with E-state index in [1.54, 1.807) is 21.0 Å². The van der Waals surface area contributed by atoms with Gasteiger partial charge in [-0.2, -0.15) is 0 Å². The van der Waals surface area contributed by atoms with E-state index >= 15 is 0 Å². The SMILES string of the molecule is COCOc1ccc(Cc2ccc(C(C)(C)[PH](=O)O)cc2)cc1C(C)C. The van der Waals surface area contributed by atoms with Crippen LogP contribution in [0.1, 0.15) is 55.9 Å². The largest absolute Gasteiger partial charge is 0.467 e. The molecular weight excluding hydrogens is 347 g/mol. The van der Waals surface area contributed by atoms with Gasteiger partial charge in [0.25, 0.3) is 0 Å². The van der Waals surface area contributed by atoms with Crippen molar-refractivity contribution in [3.63, 3.8) is 0 Å². The van der Waals surface area contributed by atoms with Gasteiger partial charge in [-0.3, -0.25) is 4.57 Å². The van der Waals surface area contributed by atoms with Crippen LogP contribution in [0.15, 0.2) is 42.5 Å². The topological polar surface area (TPSA) is 55.8 Å². The van der Waals surface area contributed by atoms with Gasteiger partial charge in [0, 0.05) is 7.11 Å². The Hall–Kier alpha value is -1.61. The highest BCUT2D eigenvalue weighted by atomic mass is 31.1. The van der Waals surface area contributed by atoms with Crippen molar-refractivity contribution in [2.75, 3.05) is 13.9 Å². The molecule has 0 heterocycles. The van der Waals surface area contributed by atoms with Crippen molar-refractivity contribution in [2.45, 2.75) is 45.2 Å². The van der Waals surface area contributed by atoms with Crippen molar-refractivity contribution >= 4 is 8.03 Å². The van der Waals surface area contributed by atoms with Crippen LogP contribution in [0, 0.1) is 0 Å². The van der Waals surface area contributed by atoms with Crippen molar-refractivity contribution in [3.8, 4) is 5.75 Å². The maximum atomic E-state index is 11.6. The van der Waals surface area contributed by atoms with Crippen LogP contribution in [-0.2, 0) is 20.9 Å². The van der Waals surface area contributed by atoms with Crippen LogP contribution < -0.4 is 4.74 Å². The second kappa shape index (κ2) is 8.85. The highest BCUT2D eigenvalue weighted by molar-refractivity contribution is 7.39. The molecule has 0 aliphatic rings. The maximum absolute atomic E-state index is 11.6. The van der Waals surface area contributed by atoms with Gasteiger partial charge in [-0.15, -0.1) is 0 Å². The molecule has 2 aromatic rings. The van der Waals surface area contributed by atoms with Crippen LogP contribution in [0.5, 0.6) is 5.75 Å². The molecule has 26 heavy (non-hydrogen) atoms. The third-order valence-corrected chi connectivity index (χ3v) is 6.01. The summed E-state index contributed by atoms with van der Waals surface area (Å²) in [6.45, 7) is 8.14. The summed E-state index contributed by atoms with van der Waals surface area (Å²) in [4.78, 5) is 9.53. The Morgan fingerprint density at radius 1 is 1.08 bits per heavy atom. The van der Waals surface area contributed by atoms with Crippen molar-refractivity contribution in [1.82, 2.24) is 0 Å². The zero-order chi connectivity index (χ0) is 19.3. The molecule has 1 N–H and O–H groups in total. The summed E-state index contributed by atoms with van der Waals surface area (Å²) < 4.78 is 22.2. The Kier molecular flexibility index (Phi) is 7.05. The molecule has 2 aromatic carbocycles. The van der Waals surface area contributed by atoms with E-state index in [-0.39, 0.29) is 6.79 Å². The number of methoxy groups -OCH3 is 1. The molecule has 0 aromatic heterocycles. The molecule has 1 unspecified atom stereocenters. The van der Waals surface area contributed by atoms with Gasteiger partial charge in [0.1, 0.15) is 5.75 Å². The summed E-state index contributed by atoms with van der Waals surface area (Å²) in [6.07, 6.45) is 0.805. The predicted molar refractivity (Wildman–Crippen MR) is 107 cm³/mol. The summed E-state index contributed by atoms with van der Waals surface area (Å²) in [5, 5.41) is -0.700. The Morgan fingerprint density at radius 2 is 1.69 bits per heavy atom. The second-order valence-electron chi connectivity index (χ2n) is 7.38. The molecule has 0 saturated carbocycles. The predicted octanol–water partition coefficient (Wildman–Crippen LogP) is 5.09. The van der Waals surface area contributed by atoms with E-state index < -0.39 is 13.2 Å². The summed E-state index contributed by atoms with van der Waals surface area (Å²) in [7, 11) is -1.02. The van der Waals surface area contributed by atoms with Gasteiger partial charge >= 0.3 is 0 Å². The number of hydrogen-bond acceptors (Lipinski definition) is 3. The highest BCUT2D eigenvalue weighted by Gasteiger charge is 2.26. The van der Waals surface area contributed by atoms with Crippen molar-refractivity contribution < 1.29 is 18.9 Å². The summed E-state index contributed by atoms with van der Waals surface area (Å²) in [5.41, 5.74) is 4.43. The minimum absolute atomic E-state index is 0.240. The minimum Gasteiger partial charge on any atom is -0.467 e. The van der Waals surface area contributed by atoms with E-state index in [1.807, 2.05) is 30.3 Å². The zero-order valence-electron chi connectivity index (χ0n) is 16.2. The lowest BCUT2D eigenvalue weighted by Gasteiger charge is -2.21. The summed E-state index contributed by atoms with van der Waals surface area (Å²) in [6, 6.07) is 14.2. The number of rotatable bonds is 8. The van der Waals surface area contributed by atoms with Gasteiger partial charge in [-0.25, -0.2) is 0 Å². The normalized spacial score (nSPS) is 13.0. The quantitative estimate of drug-likeness (QED) is 0.515. The average molecular weight is 376 g/mol. The third-order valence-electron chi connectivity index (χ3n) is 4.65. The van der Waals surface area contributed by atoms with Crippen LogP contribution in [0.2, 0.25) is 0 Å². The lowest BCUT2D eigenvalue weighted by atomic mass is 9.95. The van der Waals surface area contributed by atoms with E-state index in [9.17, 15) is 9.46 Å². The lowest BCUT2D eigenvalue weighted by molar-refractivity contribution is 0.0502. The summed E-state index contributed by atoms with van der Waals surface area (Å²) in [5.74, 6) is 1.21. The Bertz CT molecular complexity index is 751. The minimum atomic E-state index is -2.64. The van der Waals surface area contributed by atoms with E-state index in [2.05, 4.69) is 26.0 Å². The molecule has 2 rings (SSSR count). The van der Waals surface area contributed by atoms with Crippen LogP contribution in [-0.4, -0.2) is 18.8 Å². The van der Waals surface area contributed by atoms with E-state index in [0.29, 0.717) is 5.92 Å². The van der Waals surface area contributed by atoms with Gasteiger partial charge in [-0.05, 0) is 54.5 Å². The fourth-order valence-corrected chi connectivity index (χ4v) is 3.22. The van der Waals surface area contributed by atoms with E-state index in [0.717, 1.165) is 23.3 Å². The third kappa shape index (κ3) is 4.97. The fourth-order valence-electron chi connectivity index (χ4n) is 2.81. The number of ether oxygens (including phenoxy) is 2. The van der Waals surface area contributed by atoms with E-state index in [4.69, 9.17) is 9.47 Å². The van der Waals surface area contributed by atoms with Crippen molar-refractivity contribution in [3.05, 3.63) is 64.7 Å². The first-order chi connectivity index (χ1) is 12.3. The molecular formula is C21H29O4P. The second-order valence-corrected chi connectivity index (χ2v) is 9.24. The first-order valence-electron chi connectivity index (χ1n) is 8.83. The van der Waals surface area contributed by atoms with Gasteiger partial charge in [0.05, 0.1) is 5.16 Å². The standard InChI is InChI=1S/C21H29O4P/c1-15(2)19-13-17(8-11-20(19)25-14-24-5)12-16-6-9-18(10-7-16)21(3,4)26(22)23/h6-11,13,15,26H,12,14H2,1-5H3,(H,22,23). The smallest absolute Gasteiger partial charge is 0.198 e. The molecule has 0 amide bonds. The van der Waals surface area contributed by atoms with Gasteiger partial charge in [0.15, 0.2) is 14.8 Å². The average Bonchev–Trinajstić information content (AvgIpc) is 2.60. The van der Waals surface area contributed by atoms with Crippen LogP contribution in [0.25, 0.3) is 0 Å². The maximum Gasteiger partial charge on any atom is 0.198 e. The molecule has 142 valence electrons. The first-order valence-corrected chi connectivity index (χ1v) is 10.2. The summed E-state index contributed by atoms with van der Waals surface area (Å²) >= 11 is 0. The lowest BCUT2D eigenvalue weighted by Crippen LogP contribution is -2.11. The van der Waals surface area contributed by atoms with Crippen LogP contribution in [0.4, 0.5) is 0 Å². The molecule has 1 atom stereocenters. The molecule has 0 aliphatic carbocycles. The Balaban J connectivity index is 2.20. The molecule has 0 saturated heterocycles. The van der Waals surface area contributed by atoms with Crippen molar-refractivity contribution in [2.24, 2.45) is 0 Å². The Labute approximate surface area is 157 Å². The fraction of sp³-hybridized carbons (Fsp3) is 0.429. The number of hydrogen-bond donors (Lipinski definition) is 1. The first kappa shape index (κ1) is 20.7. The monoisotopic (exact) mass is 376 g/mol. The highest BCUT2D eigenvalue weighted by Crippen LogP contribution is 2.43. The van der Waals surface area contributed by atoms with Crippen molar-refractivity contribution in [1.29, 1.82) is 0 Å². The van der Waals surface area contributed by atoms with Crippen LogP contribution in [0.3, 0.4) is 0 Å². The van der Waals surface area contributed by atoms with Crippen LogP contribution >= 0.6 is 8.03 Å².